The number of nitrogens with zero attached hydrogens (tertiary/aromatic N) is 1. The van der Waals surface area contributed by atoms with E-state index in [2.05, 4.69) is 36.4 Å². The fourth-order valence-electron chi connectivity index (χ4n) is 4.02. The highest BCUT2D eigenvalue weighted by Crippen LogP contribution is 2.35. The molecule has 0 saturated heterocycles. The lowest BCUT2D eigenvalue weighted by molar-refractivity contribution is -0.139. The molecule has 164 valence electrons. The van der Waals surface area contributed by atoms with Gasteiger partial charge < -0.3 is 20.5 Å². The van der Waals surface area contributed by atoms with Crippen LogP contribution in [0.4, 0.5) is 5.69 Å². The van der Waals surface area contributed by atoms with Gasteiger partial charge in [-0.25, -0.2) is 0 Å². The minimum Gasteiger partial charge on any atom is -0.493 e. The Hall–Kier alpha value is -3.64. The number of amides is 1. The van der Waals surface area contributed by atoms with Crippen LogP contribution in [0.1, 0.15) is 17.5 Å². The molecule has 3 aromatic rings. The van der Waals surface area contributed by atoms with Gasteiger partial charge in [-0.1, -0.05) is 60.7 Å². The Morgan fingerprint density at radius 2 is 1.69 bits per heavy atom. The first kappa shape index (κ1) is 21.6. The molecule has 1 aliphatic rings. The van der Waals surface area contributed by atoms with Crippen molar-refractivity contribution in [1.82, 2.24) is 0 Å². The number of hydrogen-bond donors (Lipinski definition) is 2. The summed E-state index contributed by atoms with van der Waals surface area (Å²) in [5.41, 5.74) is 11.1. The van der Waals surface area contributed by atoms with Crippen LogP contribution in [0.15, 0.2) is 72.8 Å². The number of fused-ring (bicyclic) bond motifs is 1. The van der Waals surface area contributed by atoms with E-state index in [0.717, 1.165) is 23.4 Å². The quantitative estimate of drug-likeness (QED) is 0.569. The topological polar surface area (TPSA) is 92.9 Å². The van der Waals surface area contributed by atoms with Crippen molar-refractivity contribution < 1.29 is 19.4 Å². The van der Waals surface area contributed by atoms with Gasteiger partial charge in [0.05, 0.1) is 24.8 Å². The SMILES string of the molecule is N[C@@H](CC(=O)O)C(=O)N1CCc2c(OCCc3ccc(-c4ccccc4)cc3)cccc21. The standard InChI is InChI=1S/C26H26N2O4/c27-22(17-25(29)30)26(31)28-15-13-21-23(28)7-4-8-24(21)32-16-14-18-9-11-20(12-10-18)19-5-2-1-3-6-19/h1-12,22H,13-17,27H2,(H,29,30)/t22-/m0/s1. The highest BCUT2D eigenvalue weighted by molar-refractivity contribution is 6.00. The zero-order chi connectivity index (χ0) is 22.5. The highest BCUT2D eigenvalue weighted by Gasteiger charge is 2.31. The van der Waals surface area contributed by atoms with Gasteiger partial charge in [-0.05, 0) is 35.2 Å². The summed E-state index contributed by atoms with van der Waals surface area (Å²) in [7, 11) is 0. The molecule has 1 amide bonds. The Morgan fingerprint density at radius 3 is 2.41 bits per heavy atom. The minimum absolute atomic E-state index is 0.373. The second-order valence-electron chi connectivity index (χ2n) is 7.86. The van der Waals surface area contributed by atoms with Crippen LogP contribution in [0.25, 0.3) is 11.1 Å². The van der Waals surface area contributed by atoms with Crippen molar-refractivity contribution in [2.75, 3.05) is 18.1 Å². The van der Waals surface area contributed by atoms with E-state index < -0.39 is 12.0 Å². The summed E-state index contributed by atoms with van der Waals surface area (Å²) in [5.74, 6) is -0.702. The fourth-order valence-corrected chi connectivity index (χ4v) is 4.02. The van der Waals surface area contributed by atoms with Crippen LogP contribution in [0.2, 0.25) is 0 Å². The van der Waals surface area contributed by atoms with Crippen molar-refractivity contribution >= 4 is 17.6 Å². The molecular formula is C26H26N2O4. The lowest BCUT2D eigenvalue weighted by atomic mass is 10.0. The summed E-state index contributed by atoms with van der Waals surface area (Å²) in [5, 5.41) is 8.91. The van der Waals surface area contributed by atoms with E-state index in [1.54, 1.807) is 4.90 Å². The monoisotopic (exact) mass is 430 g/mol. The predicted octanol–water partition coefficient (Wildman–Crippen LogP) is 3.67. The molecule has 1 aliphatic heterocycles. The lowest BCUT2D eigenvalue weighted by Gasteiger charge is -2.21. The van der Waals surface area contributed by atoms with Crippen LogP contribution in [-0.2, 0) is 22.4 Å². The number of rotatable bonds is 8. The van der Waals surface area contributed by atoms with Crippen molar-refractivity contribution in [2.45, 2.75) is 25.3 Å². The molecule has 6 nitrogen and oxygen atoms in total. The van der Waals surface area contributed by atoms with E-state index in [4.69, 9.17) is 15.6 Å². The largest absolute Gasteiger partial charge is 0.493 e. The first-order valence-corrected chi connectivity index (χ1v) is 10.7. The molecule has 0 aliphatic carbocycles. The molecule has 1 atom stereocenters. The van der Waals surface area contributed by atoms with Gasteiger partial charge in [0.25, 0.3) is 0 Å². The van der Waals surface area contributed by atoms with Gasteiger partial charge in [-0.15, -0.1) is 0 Å². The van der Waals surface area contributed by atoms with Gasteiger partial charge in [0.2, 0.25) is 5.91 Å². The van der Waals surface area contributed by atoms with Gasteiger partial charge in [0.15, 0.2) is 0 Å². The second kappa shape index (κ2) is 9.66. The van der Waals surface area contributed by atoms with Crippen molar-refractivity contribution in [3.8, 4) is 16.9 Å². The summed E-state index contributed by atoms with van der Waals surface area (Å²) in [4.78, 5) is 25.0. The van der Waals surface area contributed by atoms with Gasteiger partial charge in [-0.2, -0.15) is 0 Å². The van der Waals surface area contributed by atoms with Crippen LogP contribution >= 0.6 is 0 Å². The van der Waals surface area contributed by atoms with Gasteiger partial charge in [0.1, 0.15) is 5.75 Å². The molecule has 1 heterocycles. The molecular weight excluding hydrogens is 404 g/mol. The van der Waals surface area contributed by atoms with Crippen LogP contribution < -0.4 is 15.4 Å². The number of carboxylic acid groups (broad SMARTS) is 1. The Labute approximate surface area is 187 Å². The number of carboxylic acids is 1. The molecule has 6 heteroatoms. The highest BCUT2D eigenvalue weighted by atomic mass is 16.5. The molecule has 4 rings (SSSR count). The van der Waals surface area contributed by atoms with E-state index in [-0.39, 0.29) is 12.3 Å². The van der Waals surface area contributed by atoms with Crippen molar-refractivity contribution in [3.05, 3.63) is 83.9 Å². The zero-order valence-electron chi connectivity index (χ0n) is 17.7. The number of anilines is 1. The Kier molecular flexibility index (Phi) is 6.52. The number of carbonyl (C=O) groups excluding carboxylic acids is 1. The first-order valence-electron chi connectivity index (χ1n) is 10.7. The molecule has 0 bridgehead atoms. The summed E-state index contributed by atoms with van der Waals surface area (Å²) in [6, 6.07) is 23.3. The van der Waals surface area contributed by atoms with Crippen LogP contribution in [0.3, 0.4) is 0 Å². The third-order valence-corrected chi connectivity index (χ3v) is 5.67. The number of hydrogen-bond acceptors (Lipinski definition) is 4. The normalized spacial score (nSPS) is 13.5. The zero-order valence-corrected chi connectivity index (χ0v) is 17.7. The van der Waals surface area contributed by atoms with Gasteiger partial charge >= 0.3 is 5.97 Å². The summed E-state index contributed by atoms with van der Waals surface area (Å²) < 4.78 is 6.06. The predicted molar refractivity (Wildman–Crippen MR) is 124 cm³/mol. The molecule has 0 fully saturated rings. The third-order valence-electron chi connectivity index (χ3n) is 5.67. The van der Waals surface area contributed by atoms with Crippen LogP contribution in [0, 0.1) is 0 Å². The lowest BCUT2D eigenvalue weighted by Crippen LogP contribution is -2.44. The van der Waals surface area contributed by atoms with Crippen molar-refractivity contribution in [3.63, 3.8) is 0 Å². The number of benzene rings is 3. The van der Waals surface area contributed by atoms with Crippen molar-refractivity contribution in [1.29, 1.82) is 0 Å². The fraction of sp³-hybridized carbons (Fsp3) is 0.231. The smallest absolute Gasteiger partial charge is 0.305 e. The van der Waals surface area contributed by atoms with E-state index in [0.29, 0.717) is 19.6 Å². The van der Waals surface area contributed by atoms with Gasteiger partial charge in [0, 0.05) is 18.5 Å². The van der Waals surface area contributed by atoms with E-state index in [1.165, 1.54) is 16.7 Å². The number of ether oxygens (including phenoxy) is 1. The maximum absolute atomic E-state index is 12.6. The van der Waals surface area contributed by atoms with Crippen LogP contribution in [-0.4, -0.2) is 36.2 Å². The molecule has 3 aromatic carbocycles. The number of nitrogens with two attached hydrogens (primary N) is 1. The van der Waals surface area contributed by atoms with Gasteiger partial charge in [-0.3, -0.25) is 9.59 Å². The summed E-state index contributed by atoms with van der Waals surface area (Å²) in [6.07, 6.45) is 1.04. The molecule has 32 heavy (non-hydrogen) atoms. The molecule has 0 unspecified atom stereocenters. The number of aliphatic carboxylic acids is 1. The number of carbonyl (C=O) groups is 2. The average molecular weight is 431 g/mol. The summed E-state index contributed by atoms with van der Waals surface area (Å²) in [6.45, 7) is 0.996. The maximum Gasteiger partial charge on any atom is 0.305 e. The maximum atomic E-state index is 12.6. The van der Waals surface area contributed by atoms with Crippen LogP contribution in [0.5, 0.6) is 5.75 Å². The van der Waals surface area contributed by atoms with Crippen molar-refractivity contribution in [2.24, 2.45) is 5.73 Å². The first-order chi connectivity index (χ1) is 15.5. The van der Waals surface area contributed by atoms with E-state index >= 15 is 0 Å². The Bertz CT molecular complexity index is 1100. The molecule has 0 saturated carbocycles. The second-order valence-corrected chi connectivity index (χ2v) is 7.86. The molecule has 0 spiro atoms. The molecule has 0 radical (unpaired) electrons. The van der Waals surface area contributed by atoms with E-state index in [9.17, 15) is 9.59 Å². The van der Waals surface area contributed by atoms with E-state index in [1.807, 2.05) is 36.4 Å². The average Bonchev–Trinajstić information content (AvgIpc) is 3.24. The Balaban J connectivity index is 1.38. The third kappa shape index (κ3) is 4.81. The Morgan fingerprint density at radius 1 is 0.969 bits per heavy atom. The molecule has 3 N–H and O–H groups in total. The summed E-state index contributed by atoms with van der Waals surface area (Å²) >= 11 is 0. The minimum atomic E-state index is -1.08. The molecule has 0 aromatic heterocycles.